The Labute approximate surface area is 156 Å². The average Bonchev–Trinajstić information content (AvgIpc) is 2.63. The van der Waals surface area contributed by atoms with Crippen LogP contribution in [-0.4, -0.2) is 68.7 Å². The molecule has 0 aliphatic carbocycles. The number of aliphatic hydroxyl groups is 1. The highest BCUT2D eigenvalue weighted by atomic mass is 32.2. The Bertz CT molecular complexity index is 752. The van der Waals surface area contributed by atoms with Crippen molar-refractivity contribution in [1.82, 2.24) is 9.21 Å². The first kappa shape index (κ1) is 19.6. The van der Waals surface area contributed by atoms with Gasteiger partial charge >= 0.3 is 0 Å². The minimum Gasteiger partial charge on any atom is -0.494 e. The van der Waals surface area contributed by atoms with Gasteiger partial charge in [0.2, 0.25) is 10.0 Å². The molecule has 0 unspecified atom stereocenters. The molecule has 3 rings (SSSR count). The first-order valence-electron chi connectivity index (χ1n) is 9.39. The maximum atomic E-state index is 13.2. The monoisotopic (exact) mass is 382 g/mol. The van der Waals surface area contributed by atoms with E-state index < -0.39 is 10.0 Å². The van der Waals surface area contributed by atoms with Gasteiger partial charge in [0.15, 0.2) is 0 Å². The number of aryl methyl sites for hydroxylation is 1. The van der Waals surface area contributed by atoms with Crippen LogP contribution in [0.1, 0.15) is 31.7 Å². The van der Waals surface area contributed by atoms with Crippen LogP contribution in [0.25, 0.3) is 0 Å². The van der Waals surface area contributed by atoms with E-state index in [-0.39, 0.29) is 18.1 Å². The van der Waals surface area contributed by atoms with Gasteiger partial charge < -0.3 is 14.7 Å². The molecule has 0 spiro atoms. The average molecular weight is 383 g/mol. The van der Waals surface area contributed by atoms with Crippen molar-refractivity contribution in [1.29, 1.82) is 0 Å². The zero-order chi connectivity index (χ0) is 18.9. The second-order valence-electron chi connectivity index (χ2n) is 7.59. The summed E-state index contributed by atoms with van der Waals surface area (Å²) in [7, 11) is -1.52. The van der Waals surface area contributed by atoms with Crippen LogP contribution >= 0.6 is 0 Å². The van der Waals surface area contributed by atoms with Gasteiger partial charge in [-0.05, 0) is 70.5 Å². The lowest BCUT2D eigenvalue weighted by Gasteiger charge is -2.53. The van der Waals surface area contributed by atoms with Gasteiger partial charge in [-0.1, -0.05) is 0 Å². The van der Waals surface area contributed by atoms with Crippen molar-refractivity contribution in [2.45, 2.75) is 44.0 Å². The molecule has 0 radical (unpaired) electrons. The van der Waals surface area contributed by atoms with Gasteiger partial charge in [-0.25, -0.2) is 8.42 Å². The SMILES string of the molecule is CCOc1ccc(S(=O)(=O)N2CC[C@@]3(CO)CCCN(C)[C@@H]3C2)cc1C. The van der Waals surface area contributed by atoms with E-state index in [9.17, 15) is 13.5 Å². The number of hydrogen-bond donors (Lipinski definition) is 1. The predicted molar refractivity (Wildman–Crippen MR) is 101 cm³/mol. The molecular formula is C19H30N2O4S. The fourth-order valence-corrected chi connectivity index (χ4v) is 5.99. The van der Waals surface area contributed by atoms with Crippen LogP contribution in [0.15, 0.2) is 23.1 Å². The van der Waals surface area contributed by atoms with E-state index in [1.807, 2.05) is 20.9 Å². The molecule has 2 saturated heterocycles. The lowest BCUT2D eigenvalue weighted by molar-refractivity contribution is -0.0508. The van der Waals surface area contributed by atoms with Crippen LogP contribution in [0.3, 0.4) is 0 Å². The van der Waals surface area contributed by atoms with E-state index in [2.05, 4.69) is 4.90 Å². The summed E-state index contributed by atoms with van der Waals surface area (Å²) < 4.78 is 33.5. The Morgan fingerprint density at radius 3 is 2.73 bits per heavy atom. The molecule has 1 N–H and O–H groups in total. The lowest BCUT2D eigenvalue weighted by atomic mass is 9.69. The normalized spacial score (nSPS) is 27.9. The summed E-state index contributed by atoms with van der Waals surface area (Å²) in [4.78, 5) is 2.53. The van der Waals surface area contributed by atoms with E-state index >= 15 is 0 Å². The van der Waals surface area contributed by atoms with E-state index in [0.29, 0.717) is 31.0 Å². The number of ether oxygens (including phenoxy) is 1. The van der Waals surface area contributed by atoms with Crippen LogP contribution in [-0.2, 0) is 10.0 Å². The number of benzene rings is 1. The maximum absolute atomic E-state index is 13.2. The number of likely N-dealkylation sites (tertiary alicyclic amines) is 1. The van der Waals surface area contributed by atoms with Gasteiger partial charge in [0, 0.05) is 24.5 Å². The molecule has 2 aliphatic rings. The molecule has 1 aromatic rings. The van der Waals surface area contributed by atoms with Gasteiger partial charge in [-0.3, -0.25) is 0 Å². The van der Waals surface area contributed by atoms with Crippen LogP contribution < -0.4 is 4.74 Å². The number of sulfonamides is 1. The summed E-state index contributed by atoms with van der Waals surface area (Å²) in [6, 6.07) is 5.12. The van der Waals surface area contributed by atoms with Crippen LogP contribution in [0.2, 0.25) is 0 Å². The number of hydrogen-bond acceptors (Lipinski definition) is 5. The van der Waals surface area contributed by atoms with Crippen molar-refractivity contribution >= 4 is 10.0 Å². The second-order valence-corrected chi connectivity index (χ2v) is 9.53. The molecule has 2 aliphatic heterocycles. The molecule has 6 nitrogen and oxygen atoms in total. The molecule has 1 aromatic carbocycles. The second kappa shape index (κ2) is 7.46. The summed E-state index contributed by atoms with van der Waals surface area (Å²) in [5, 5.41) is 10.0. The summed E-state index contributed by atoms with van der Waals surface area (Å²) in [6.45, 7) is 6.29. The van der Waals surface area contributed by atoms with Crippen molar-refractivity contribution in [3.8, 4) is 5.75 Å². The minimum atomic E-state index is -3.56. The number of likely N-dealkylation sites (N-methyl/N-ethyl adjacent to an activating group) is 1. The number of piperidine rings is 2. The first-order chi connectivity index (χ1) is 12.3. The van der Waals surface area contributed by atoms with Gasteiger partial charge in [0.1, 0.15) is 5.75 Å². The van der Waals surface area contributed by atoms with Crippen molar-refractivity contribution in [3.63, 3.8) is 0 Å². The van der Waals surface area contributed by atoms with E-state index in [1.54, 1.807) is 22.5 Å². The lowest BCUT2D eigenvalue weighted by Crippen LogP contribution is -2.62. The Morgan fingerprint density at radius 1 is 1.31 bits per heavy atom. The van der Waals surface area contributed by atoms with Crippen LogP contribution in [0.5, 0.6) is 5.75 Å². The molecule has 26 heavy (non-hydrogen) atoms. The Hall–Kier alpha value is -1.15. The standard InChI is InChI=1S/C19H30N2O4S/c1-4-25-17-7-6-16(12-15(17)2)26(23,24)21-11-9-19(14-22)8-5-10-20(3)18(19)13-21/h6-7,12,18,22H,4-5,8-11,13-14H2,1-3H3/t18-,19-/m1/s1. The molecule has 146 valence electrons. The third-order valence-corrected chi connectivity index (χ3v) is 7.92. The molecule has 2 fully saturated rings. The van der Waals surface area contributed by atoms with Gasteiger partial charge in [-0.2, -0.15) is 4.31 Å². The Kier molecular flexibility index (Phi) is 5.63. The summed E-state index contributed by atoms with van der Waals surface area (Å²) >= 11 is 0. The number of fused-ring (bicyclic) bond motifs is 1. The number of aliphatic hydroxyl groups excluding tert-OH is 1. The molecule has 0 amide bonds. The minimum absolute atomic E-state index is 0.0635. The van der Waals surface area contributed by atoms with E-state index in [1.165, 1.54) is 0 Å². The topological polar surface area (TPSA) is 70.1 Å². The van der Waals surface area contributed by atoms with Crippen molar-refractivity contribution in [2.24, 2.45) is 5.41 Å². The van der Waals surface area contributed by atoms with Gasteiger partial charge in [0.25, 0.3) is 0 Å². The number of nitrogens with zero attached hydrogens (tertiary/aromatic N) is 2. The quantitative estimate of drug-likeness (QED) is 0.842. The van der Waals surface area contributed by atoms with Gasteiger partial charge in [0.05, 0.1) is 18.1 Å². The highest BCUT2D eigenvalue weighted by Crippen LogP contribution is 2.42. The summed E-state index contributed by atoms with van der Waals surface area (Å²) in [5.41, 5.74) is 0.651. The predicted octanol–water partition coefficient (Wildman–Crippen LogP) is 1.86. The summed E-state index contributed by atoms with van der Waals surface area (Å²) in [5.74, 6) is 0.719. The maximum Gasteiger partial charge on any atom is 0.243 e. The van der Waals surface area contributed by atoms with Crippen molar-refractivity contribution in [3.05, 3.63) is 23.8 Å². The zero-order valence-corrected chi connectivity index (χ0v) is 16.8. The van der Waals surface area contributed by atoms with Crippen molar-refractivity contribution < 1.29 is 18.3 Å². The first-order valence-corrected chi connectivity index (χ1v) is 10.8. The molecule has 0 bridgehead atoms. The fourth-order valence-electron chi connectivity index (χ4n) is 4.46. The Morgan fingerprint density at radius 2 is 2.08 bits per heavy atom. The molecule has 0 aromatic heterocycles. The Balaban J connectivity index is 1.85. The van der Waals surface area contributed by atoms with Crippen LogP contribution in [0.4, 0.5) is 0 Å². The fraction of sp³-hybridized carbons (Fsp3) is 0.684. The third kappa shape index (κ3) is 3.38. The molecule has 2 atom stereocenters. The molecule has 7 heteroatoms. The zero-order valence-electron chi connectivity index (χ0n) is 15.9. The summed E-state index contributed by atoms with van der Waals surface area (Å²) in [6.07, 6.45) is 2.72. The highest BCUT2D eigenvalue weighted by molar-refractivity contribution is 7.89. The van der Waals surface area contributed by atoms with Crippen molar-refractivity contribution in [2.75, 3.05) is 39.9 Å². The third-order valence-electron chi connectivity index (χ3n) is 6.06. The van der Waals surface area contributed by atoms with Gasteiger partial charge in [-0.15, -0.1) is 0 Å². The smallest absolute Gasteiger partial charge is 0.243 e. The van der Waals surface area contributed by atoms with Crippen LogP contribution in [0, 0.1) is 12.3 Å². The molecule has 2 heterocycles. The van der Waals surface area contributed by atoms with E-state index in [0.717, 1.165) is 30.7 Å². The van der Waals surface area contributed by atoms with E-state index in [4.69, 9.17) is 4.74 Å². The largest absolute Gasteiger partial charge is 0.494 e. The molecular weight excluding hydrogens is 352 g/mol. The number of rotatable bonds is 5. The highest BCUT2D eigenvalue weighted by Gasteiger charge is 2.48. The molecule has 0 saturated carbocycles.